The van der Waals surface area contributed by atoms with Crippen molar-refractivity contribution in [3.05, 3.63) is 35.9 Å². The summed E-state index contributed by atoms with van der Waals surface area (Å²) in [6, 6.07) is 11.5. The maximum atomic E-state index is 3.46. The van der Waals surface area contributed by atoms with Crippen molar-refractivity contribution in [2.45, 2.75) is 32.4 Å². The summed E-state index contributed by atoms with van der Waals surface area (Å²) in [5, 5.41) is 3.46. The fourth-order valence-electron chi connectivity index (χ4n) is 2.46. The number of nitrogens with zero attached hydrogens (tertiary/aromatic N) is 1. The van der Waals surface area contributed by atoms with Crippen LogP contribution in [0.1, 0.15) is 25.3 Å². The minimum Gasteiger partial charge on any atom is -0.315 e. The summed E-state index contributed by atoms with van der Waals surface area (Å²) < 4.78 is 0. The van der Waals surface area contributed by atoms with Crippen molar-refractivity contribution in [1.29, 1.82) is 0 Å². The van der Waals surface area contributed by atoms with Gasteiger partial charge in [0.05, 0.1) is 0 Å². The Kier molecular flexibility index (Phi) is 4.37. The second-order valence-electron chi connectivity index (χ2n) is 4.56. The van der Waals surface area contributed by atoms with Crippen LogP contribution in [0.2, 0.25) is 0 Å². The van der Waals surface area contributed by atoms with Gasteiger partial charge < -0.3 is 5.32 Å². The minimum atomic E-state index is 0.736. The molecule has 1 unspecified atom stereocenters. The molecular weight excluding hydrogens is 196 g/mol. The van der Waals surface area contributed by atoms with E-state index in [-0.39, 0.29) is 0 Å². The van der Waals surface area contributed by atoms with Gasteiger partial charge in [-0.3, -0.25) is 4.90 Å². The first kappa shape index (κ1) is 11.6. The highest BCUT2D eigenvalue weighted by Gasteiger charge is 2.23. The molecule has 1 aliphatic rings. The van der Waals surface area contributed by atoms with Crippen LogP contribution in [-0.4, -0.2) is 30.6 Å². The molecule has 0 radical (unpaired) electrons. The third kappa shape index (κ3) is 3.06. The Balaban J connectivity index is 1.88. The molecule has 1 aromatic carbocycles. The lowest BCUT2D eigenvalue weighted by atomic mass is 10.2. The first-order valence-corrected chi connectivity index (χ1v) is 6.39. The molecule has 1 aliphatic heterocycles. The largest absolute Gasteiger partial charge is 0.315 e. The van der Waals surface area contributed by atoms with Crippen molar-refractivity contribution >= 4 is 0 Å². The Morgan fingerprint density at radius 3 is 2.88 bits per heavy atom. The number of rotatable bonds is 5. The molecule has 0 saturated carbocycles. The molecule has 1 N–H and O–H groups in total. The third-order valence-corrected chi connectivity index (χ3v) is 3.36. The Morgan fingerprint density at radius 1 is 1.31 bits per heavy atom. The molecule has 1 fully saturated rings. The number of benzene rings is 1. The van der Waals surface area contributed by atoms with Gasteiger partial charge in [-0.2, -0.15) is 0 Å². The number of hydrogen-bond donors (Lipinski definition) is 1. The summed E-state index contributed by atoms with van der Waals surface area (Å²) in [5.41, 5.74) is 1.44. The average Bonchev–Trinajstić information content (AvgIpc) is 2.75. The van der Waals surface area contributed by atoms with Gasteiger partial charge in [0.15, 0.2) is 0 Å². The molecule has 0 bridgehead atoms. The van der Waals surface area contributed by atoms with Crippen LogP contribution in [0.4, 0.5) is 0 Å². The molecule has 0 aliphatic carbocycles. The van der Waals surface area contributed by atoms with Crippen molar-refractivity contribution in [2.24, 2.45) is 0 Å². The molecule has 0 aromatic heterocycles. The van der Waals surface area contributed by atoms with Crippen molar-refractivity contribution in [2.75, 3.05) is 19.6 Å². The monoisotopic (exact) mass is 218 g/mol. The summed E-state index contributed by atoms with van der Waals surface area (Å²) in [5.74, 6) is 0. The van der Waals surface area contributed by atoms with Gasteiger partial charge in [0.2, 0.25) is 0 Å². The van der Waals surface area contributed by atoms with E-state index in [0.717, 1.165) is 25.7 Å². The van der Waals surface area contributed by atoms with Gasteiger partial charge in [0, 0.05) is 19.1 Å². The zero-order chi connectivity index (χ0) is 11.2. The van der Waals surface area contributed by atoms with E-state index in [1.807, 2.05) is 0 Å². The van der Waals surface area contributed by atoms with Gasteiger partial charge in [-0.25, -0.2) is 0 Å². The van der Waals surface area contributed by atoms with Crippen LogP contribution in [0.3, 0.4) is 0 Å². The van der Waals surface area contributed by atoms with E-state index in [2.05, 4.69) is 47.5 Å². The molecule has 0 spiro atoms. The van der Waals surface area contributed by atoms with Gasteiger partial charge in [0.1, 0.15) is 0 Å². The van der Waals surface area contributed by atoms with Crippen molar-refractivity contribution in [3.63, 3.8) is 0 Å². The molecule has 2 nitrogen and oxygen atoms in total. The van der Waals surface area contributed by atoms with Crippen molar-refractivity contribution < 1.29 is 0 Å². The van der Waals surface area contributed by atoms with Gasteiger partial charge in [-0.15, -0.1) is 0 Å². The maximum absolute atomic E-state index is 3.46. The number of likely N-dealkylation sites (tertiary alicyclic amines) is 1. The minimum absolute atomic E-state index is 0.736. The fraction of sp³-hybridized carbons (Fsp3) is 0.571. The second kappa shape index (κ2) is 6.02. The normalized spacial score (nSPS) is 21.4. The molecule has 1 aromatic rings. The molecular formula is C14H22N2. The van der Waals surface area contributed by atoms with E-state index in [1.165, 1.54) is 24.9 Å². The van der Waals surface area contributed by atoms with Crippen molar-refractivity contribution in [1.82, 2.24) is 10.2 Å². The quantitative estimate of drug-likeness (QED) is 0.815. The van der Waals surface area contributed by atoms with Crippen LogP contribution in [0.25, 0.3) is 0 Å². The van der Waals surface area contributed by atoms with Crippen LogP contribution in [0.15, 0.2) is 30.3 Å². The third-order valence-electron chi connectivity index (χ3n) is 3.36. The SMILES string of the molecule is CCNCC1CCCN1Cc1ccccc1. The van der Waals surface area contributed by atoms with Crippen molar-refractivity contribution in [3.8, 4) is 0 Å². The average molecular weight is 218 g/mol. The van der Waals surface area contributed by atoms with Crippen LogP contribution < -0.4 is 5.32 Å². The Labute approximate surface area is 98.7 Å². The van der Waals surface area contributed by atoms with Crippen LogP contribution in [-0.2, 0) is 6.54 Å². The molecule has 2 heteroatoms. The number of nitrogens with one attached hydrogen (secondary N) is 1. The molecule has 2 rings (SSSR count). The highest BCUT2D eigenvalue weighted by molar-refractivity contribution is 5.14. The predicted molar refractivity (Wildman–Crippen MR) is 68.4 cm³/mol. The highest BCUT2D eigenvalue weighted by atomic mass is 15.2. The van der Waals surface area contributed by atoms with E-state index in [4.69, 9.17) is 0 Å². The summed E-state index contributed by atoms with van der Waals surface area (Å²) in [6.45, 7) is 6.76. The Morgan fingerprint density at radius 2 is 2.12 bits per heavy atom. The lowest BCUT2D eigenvalue weighted by Gasteiger charge is -2.24. The predicted octanol–water partition coefficient (Wildman–Crippen LogP) is 2.26. The summed E-state index contributed by atoms with van der Waals surface area (Å²) in [6.07, 6.45) is 2.70. The topological polar surface area (TPSA) is 15.3 Å². The molecule has 1 atom stereocenters. The first-order valence-electron chi connectivity index (χ1n) is 6.39. The highest BCUT2D eigenvalue weighted by Crippen LogP contribution is 2.19. The van der Waals surface area contributed by atoms with Crippen LogP contribution in [0, 0.1) is 0 Å². The second-order valence-corrected chi connectivity index (χ2v) is 4.56. The lowest BCUT2D eigenvalue weighted by molar-refractivity contribution is 0.240. The summed E-state index contributed by atoms with van der Waals surface area (Å²) in [4.78, 5) is 2.61. The van der Waals surface area contributed by atoms with Crippen LogP contribution >= 0.6 is 0 Å². The molecule has 16 heavy (non-hydrogen) atoms. The summed E-state index contributed by atoms with van der Waals surface area (Å²) in [7, 11) is 0. The van der Waals surface area contributed by atoms with E-state index in [0.29, 0.717) is 0 Å². The fourth-order valence-corrected chi connectivity index (χ4v) is 2.46. The number of hydrogen-bond acceptors (Lipinski definition) is 2. The lowest BCUT2D eigenvalue weighted by Crippen LogP contribution is -2.37. The van der Waals surface area contributed by atoms with E-state index < -0.39 is 0 Å². The smallest absolute Gasteiger partial charge is 0.0237 e. The maximum Gasteiger partial charge on any atom is 0.0237 e. The standard InChI is InChI=1S/C14H22N2/c1-2-15-11-14-9-6-10-16(14)12-13-7-4-3-5-8-13/h3-5,7-8,14-15H,2,6,9-12H2,1H3. The summed E-state index contributed by atoms with van der Waals surface area (Å²) >= 11 is 0. The van der Waals surface area contributed by atoms with E-state index in [1.54, 1.807) is 0 Å². The molecule has 1 saturated heterocycles. The van der Waals surface area contributed by atoms with E-state index >= 15 is 0 Å². The Hall–Kier alpha value is -0.860. The Bertz CT molecular complexity index is 297. The van der Waals surface area contributed by atoms with E-state index in [9.17, 15) is 0 Å². The first-order chi connectivity index (χ1) is 7.90. The molecule has 1 heterocycles. The number of likely N-dealkylation sites (N-methyl/N-ethyl adjacent to an activating group) is 1. The molecule has 0 amide bonds. The van der Waals surface area contributed by atoms with Crippen LogP contribution in [0.5, 0.6) is 0 Å². The zero-order valence-corrected chi connectivity index (χ0v) is 10.2. The van der Waals surface area contributed by atoms with Gasteiger partial charge in [-0.1, -0.05) is 37.3 Å². The van der Waals surface area contributed by atoms with Gasteiger partial charge >= 0.3 is 0 Å². The zero-order valence-electron chi connectivity index (χ0n) is 10.2. The molecule has 88 valence electrons. The van der Waals surface area contributed by atoms with Gasteiger partial charge in [0.25, 0.3) is 0 Å². The van der Waals surface area contributed by atoms with Gasteiger partial charge in [-0.05, 0) is 31.5 Å².